The first-order chi connectivity index (χ1) is 14.7. The van der Waals surface area contributed by atoms with E-state index in [1.54, 1.807) is 0 Å². The van der Waals surface area contributed by atoms with E-state index in [-0.39, 0.29) is 34.7 Å². The van der Waals surface area contributed by atoms with Crippen molar-refractivity contribution in [2.24, 2.45) is 46.3 Å². The van der Waals surface area contributed by atoms with Crippen molar-refractivity contribution in [2.45, 2.75) is 97.1 Å². The van der Waals surface area contributed by atoms with Gasteiger partial charge in [0, 0.05) is 18.3 Å². The minimum atomic E-state index is -0.387. The van der Waals surface area contributed by atoms with E-state index < -0.39 is 0 Å². The highest BCUT2D eigenvalue weighted by molar-refractivity contribution is 5.94. The summed E-state index contributed by atoms with van der Waals surface area (Å²) in [5, 5.41) is 10.2. The molecule has 6 aliphatic rings. The van der Waals surface area contributed by atoms with Crippen molar-refractivity contribution in [3.8, 4) is 0 Å². The number of allylic oxidation sites excluding steroid dienone is 1. The molecule has 4 aliphatic carbocycles. The molecule has 4 heteroatoms. The topological polar surface area (TPSA) is 55.8 Å². The predicted octanol–water partition coefficient (Wildman–Crippen LogP) is 4.89. The summed E-state index contributed by atoms with van der Waals surface area (Å²) in [7, 11) is 0. The van der Waals surface area contributed by atoms with E-state index >= 15 is 0 Å². The fraction of sp³-hybridized carbons (Fsp3) is 0.889. The second-order valence-corrected chi connectivity index (χ2v) is 12.6. The molecule has 1 N–H and O–H groups in total. The van der Waals surface area contributed by atoms with E-state index in [2.05, 4.69) is 27.7 Å². The molecule has 0 aromatic carbocycles. The molecule has 0 aromatic rings. The average Bonchev–Trinajstić information content (AvgIpc) is 3.16. The van der Waals surface area contributed by atoms with E-state index in [0.29, 0.717) is 41.8 Å². The second kappa shape index (κ2) is 6.67. The maximum Gasteiger partial charge on any atom is 0.171 e. The monoisotopic (exact) mass is 428 g/mol. The molecule has 2 heterocycles. The fourth-order valence-corrected chi connectivity index (χ4v) is 9.41. The minimum Gasteiger partial charge on any atom is -0.393 e. The molecule has 3 unspecified atom stereocenters. The first-order valence-corrected chi connectivity index (χ1v) is 12.9. The molecule has 4 nitrogen and oxygen atoms in total. The molecule has 2 aliphatic heterocycles. The Morgan fingerprint density at radius 3 is 2.61 bits per heavy atom. The highest BCUT2D eigenvalue weighted by Crippen LogP contribution is 2.70. The Kier molecular flexibility index (Phi) is 4.49. The molecule has 0 bridgehead atoms. The molecule has 0 amide bonds. The molecular formula is C27H40O4. The summed E-state index contributed by atoms with van der Waals surface area (Å²) in [5.74, 6) is 2.43. The van der Waals surface area contributed by atoms with Crippen molar-refractivity contribution < 1.29 is 19.4 Å². The van der Waals surface area contributed by atoms with Crippen LogP contribution in [-0.2, 0) is 14.3 Å². The van der Waals surface area contributed by atoms with E-state index in [1.807, 2.05) is 6.08 Å². The number of aliphatic hydroxyl groups is 1. The van der Waals surface area contributed by atoms with Gasteiger partial charge >= 0.3 is 0 Å². The Morgan fingerprint density at radius 2 is 1.87 bits per heavy atom. The first-order valence-electron chi connectivity index (χ1n) is 12.9. The number of ether oxygens (including phenoxy) is 2. The standard InChI is InChI=1S/C27H40O4/c1-15-5-10-27(30-14-15)16(2)24-22(31-27)13-20-23-19(7-9-26(20,24)4)25(3)8-6-18(28)11-17(25)12-21(23)29/h12,15-16,18-20,22-24,28H,5-11,13-14H2,1-4H3/t15?,16?,18?,19-,20-,22-,23+,24+,25-,26-,27-/m0/s1. The minimum absolute atomic E-state index is 0.0904. The van der Waals surface area contributed by atoms with Gasteiger partial charge in [0.2, 0.25) is 0 Å². The highest BCUT2D eigenvalue weighted by atomic mass is 16.7. The van der Waals surface area contributed by atoms with Gasteiger partial charge in [0.25, 0.3) is 0 Å². The predicted molar refractivity (Wildman–Crippen MR) is 118 cm³/mol. The average molecular weight is 429 g/mol. The number of ketones is 1. The van der Waals surface area contributed by atoms with Crippen LogP contribution in [-0.4, -0.2) is 35.5 Å². The number of carbonyl (C=O) groups excluding carboxylic acids is 1. The van der Waals surface area contributed by atoms with E-state index in [1.165, 1.54) is 18.4 Å². The van der Waals surface area contributed by atoms with Crippen LogP contribution in [0.2, 0.25) is 0 Å². The van der Waals surface area contributed by atoms with Gasteiger partial charge in [-0.15, -0.1) is 0 Å². The summed E-state index contributed by atoms with van der Waals surface area (Å²) < 4.78 is 13.2. The van der Waals surface area contributed by atoms with Gasteiger partial charge in [-0.1, -0.05) is 33.3 Å². The smallest absolute Gasteiger partial charge is 0.171 e. The van der Waals surface area contributed by atoms with Crippen molar-refractivity contribution in [3.05, 3.63) is 11.6 Å². The van der Waals surface area contributed by atoms with Crippen LogP contribution >= 0.6 is 0 Å². The van der Waals surface area contributed by atoms with Crippen molar-refractivity contribution in [1.29, 1.82) is 0 Å². The van der Waals surface area contributed by atoms with Crippen LogP contribution in [0.3, 0.4) is 0 Å². The quantitative estimate of drug-likeness (QED) is 0.597. The van der Waals surface area contributed by atoms with E-state index in [9.17, 15) is 9.90 Å². The van der Waals surface area contributed by atoms with Gasteiger partial charge < -0.3 is 14.6 Å². The second-order valence-electron chi connectivity index (χ2n) is 12.6. The van der Waals surface area contributed by atoms with E-state index in [4.69, 9.17) is 9.47 Å². The summed E-state index contributed by atoms with van der Waals surface area (Å²) >= 11 is 0. The van der Waals surface area contributed by atoms with Crippen molar-refractivity contribution in [2.75, 3.05) is 6.61 Å². The molecule has 1 spiro atoms. The zero-order valence-corrected chi connectivity index (χ0v) is 19.7. The number of rotatable bonds is 0. The lowest BCUT2D eigenvalue weighted by Crippen LogP contribution is -2.54. The SMILES string of the molecule is CC1CC[C@]2(OC1)O[C@H]1C[C@H]3[C@@H]4C(=O)C=C5CC(O)CC[C@]5(C)[C@H]4CC[C@]3(C)[C@@H]1C2C. The number of carbonyl (C=O) groups is 1. The molecule has 31 heavy (non-hydrogen) atoms. The molecular weight excluding hydrogens is 388 g/mol. The number of hydrogen-bond donors (Lipinski definition) is 1. The maximum atomic E-state index is 13.5. The van der Waals surface area contributed by atoms with Crippen molar-refractivity contribution in [3.63, 3.8) is 0 Å². The molecule has 0 radical (unpaired) electrons. The van der Waals surface area contributed by atoms with Crippen LogP contribution in [0, 0.1) is 46.3 Å². The Labute approximate surface area is 187 Å². The number of hydrogen-bond acceptors (Lipinski definition) is 4. The molecule has 2 saturated heterocycles. The Hall–Kier alpha value is -0.710. The van der Waals surface area contributed by atoms with Crippen molar-refractivity contribution in [1.82, 2.24) is 0 Å². The van der Waals surface area contributed by atoms with E-state index in [0.717, 1.165) is 38.7 Å². The van der Waals surface area contributed by atoms with Gasteiger partial charge in [-0.05, 0) is 85.5 Å². The van der Waals surface area contributed by atoms with Gasteiger partial charge in [-0.25, -0.2) is 0 Å². The lowest BCUT2D eigenvalue weighted by atomic mass is 9.46. The number of aliphatic hydroxyl groups excluding tert-OH is 1. The summed E-state index contributed by atoms with van der Waals surface area (Å²) in [6.45, 7) is 10.3. The zero-order chi connectivity index (χ0) is 21.8. The first kappa shape index (κ1) is 20.9. The summed E-state index contributed by atoms with van der Waals surface area (Å²) in [5.41, 5.74) is 1.48. The Morgan fingerprint density at radius 1 is 1.06 bits per heavy atom. The Bertz CT molecular complexity index is 810. The van der Waals surface area contributed by atoms with Crippen LogP contribution in [0.4, 0.5) is 0 Å². The molecule has 0 aromatic heterocycles. The van der Waals surface area contributed by atoms with Crippen LogP contribution < -0.4 is 0 Å². The molecule has 5 fully saturated rings. The fourth-order valence-electron chi connectivity index (χ4n) is 9.41. The van der Waals surface area contributed by atoms with Crippen LogP contribution in [0.25, 0.3) is 0 Å². The zero-order valence-electron chi connectivity index (χ0n) is 19.7. The van der Waals surface area contributed by atoms with Gasteiger partial charge in [0.05, 0.1) is 18.8 Å². The third-order valence-electron chi connectivity index (χ3n) is 11.2. The van der Waals surface area contributed by atoms with Gasteiger partial charge in [0.1, 0.15) is 0 Å². The number of fused-ring (bicyclic) bond motifs is 7. The summed E-state index contributed by atoms with van der Waals surface area (Å²) in [4.78, 5) is 13.5. The third-order valence-corrected chi connectivity index (χ3v) is 11.2. The normalized spacial score (nSPS) is 58.4. The summed E-state index contributed by atoms with van der Waals surface area (Å²) in [6.07, 6.45) is 10.0. The third kappa shape index (κ3) is 2.68. The van der Waals surface area contributed by atoms with Crippen LogP contribution in [0.1, 0.15) is 79.1 Å². The van der Waals surface area contributed by atoms with Gasteiger partial charge in [0.15, 0.2) is 11.6 Å². The molecule has 11 atom stereocenters. The van der Waals surface area contributed by atoms with Gasteiger partial charge in [-0.2, -0.15) is 0 Å². The largest absolute Gasteiger partial charge is 0.393 e. The molecule has 172 valence electrons. The van der Waals surface area contributed by atoms with Crippen LogP contribution in [0.15, 0.2) is 11.6 Å². The molecule has 6 rings (SSSR count). The van der Waals surface area contributed by atoms with Crippen molar-refractivity contribution >= 4 is 5.78 Å². The Balaban J connectivity index is 1.32. The maximum absolute atomic E-state index is 13.5. The lowest BCUT2D eigenvalue weighted by molar-refractivity contribution is -0.272. The summed E-state index contributed by atoms with van der Waals surface area (Å²) in [6, 6.07) is 0. The van der Waals surface area contributed by atoms with Gasteiger partial charge in [-0.3, -0.25) is 4.79 Å². The lowest BCUT2D eigenvalue weighted by Gasteiger charge is -2.57. The highest BCUT2D eigenvalue weighted by Gasteiger charge is 2.69. The molecule has 3 saturated carbocycles. The van der Waals surface area contributed by atoms with Crippen LogP contribution in [0.5, 0.6) is 0 Å².